The van der Waals surface area contributed by atoms with Gasteiger partial charge in [0.15, 0.2) is 9.84 Å². The first-order valence-electron chi connectivity index (χ1n) is 8.71. The normalized spacial score (nSPS) is 17.7. The molecule has 0 bridgehead atoms. The number of amides is 1. The summed E-state index contributed by atoms with van der Waals surface area (Å²) in [6.45, 7) is 0.586. The van der Waals surface area contributed by atoms with Gasteiger partial charge in [-0.1, -0.05) is 36.4 Å². The van der Waals surface area contributed by atoms with Crippen LogP contribution in [0.3, 0.4) is 0 Å². The Labute approximate surface area is 152 Å². The number of H-pyrrole nitrogens is 1. The molecule has 5 nitrogen and oxygen atoms in total. The summed E-state index contributed by atoms with van der Waals surface area (Å²) in [5.41, 5.74) is 1.42. The molecule has 1 atom stereocenters. The van der Waals surface area contributed by atoms with Crippen LogP contribution in [0.25, 0.3) is 10.9 Å². The number of likely N-dealkylation sites (tertiary alicyclic amines) is 1. The number of nitrogens with zero attached hydrogens (tertiary/aromatic N) is 1. The fraction of sp³-hybridized carbons (Fsp3) is 0.250. The molecule has 0 radical (unpaired) electrons. The van der Waals surface area contributed by atoms with Gasteiger partial charge in [-0.05, 0) is 37.1 Å². The molecule has 1 aliphatic rings. The summed E-state index contributed by atoms with van der Waals surface area (Å²) in [5, 5.41) is 0.975. The van der Waals surface area contributed by atoms with Crippen LogP contribution >= 0.6 is 0 Å². The van der Waals surface area contributed by atoms with E-state index in [1.54, 1.807) is 35.2 Å². The van der Waals surface area contributed by atoms with Crippen LogP contribution in [-0.4, -0.2) is 42.5 Å². The first kappa shape index (κ1) is 16.8. The summed E-state index contributed by atoms with van der Waals surface area (Å²) in [4.78, 5) is 18.1. The van der Waals surface area contributed by atoms with Crippen molar-refractivity contribution in [3.63, 3.8) is 0 Å². The minimum Gasteiger partial charge on any atom is -0.351 e. The van der Waals surface area contributed by atoms with Crippen molar-refractivity contribution >= 4 is 26.6 Å². The van der Waals surface area contributed by atoms with Crippen LogP contribution in [0.15, 0.2) is 65.6 Å². The third kappa shape index (κ3) is 3.12. The first-order valence-corrected chi connectivity index (χ1v) is 10.4. The number of sulfone groups is 1. The number of benzene rings is 2. The molecule has 134 valence electrons. The number of rotatable bonds is 4. The van der Waals surface area contributed by atoms with E-state index >= 15 is 0 Å². The molecule has 0 saturated carbocycles. The average molecular weight is 368 g/mol. The van der Waals surface area contributed by atoms with Crippen molar-refractivity contribution in [1.29, 1.82) is 0 Å². The average Bonchev–Trinajstić information content (AvgIpc) is 3.28. The number of carbonyl (C=O) groups excluding carboxylic acids is 1. The Morgan fingerprint density at radius 1 is 1.08 bits per heavy atom. The van der Waals surface area contributed by atoms with Crippen molar-refractivity contribution in [2.24, 2.45) is 0 Å². The van der Waals surface area contributed by atoms with Gasteiger partial charge < -0.3 is 9.88 Å². The van der Waals surface area contributed by atoms with E-state index in [0.717, 1.165) is 17.3 Å². The Kier molecular flexibility index (Phi) is 4.28. The molecule has 1 N–H and O–H groups in total. The van der Waals surface area contributed by atoms with Crippen LogP contribution in [-0.2, 0) is 9.84 Å². The lowest BCUT2D eigenvalue weighted by Gasteiger charge is -2.24. The summed E-state index contributed by atoms with van der Waals surface area (Å²) < 4.78 is 25.4. The second kappa shape index (κ2) is 6.61. The summed E-state index contributed by atoms with van der Waals surface area (Å²) >= 11 is 0. The molecule has 1 amide bonds. The zero-order valence-corrected chi connectivity index (χ0v) is 15.1. The van der Waals surface area contributed by atoms with E-state index < -0.39 is 9.84 Å². The highest BCUT2D eigenvalue weighted by Gasteiger charge is 2.34. The van der Waals surface area contributed by atoms with E-state index in [-0.39, 0.29) is 17.7 Å². The largest absolute Gasteiger partial charge is 0.351 e. The van der Waals surface area contributed by atoms with Crippen molar-refractivity contribution in [2.75, 3.05) is 12.3 Å². The molecule has 1 aliphatic heterocycles. The van der Waals surface area contributed by atoms with Gasteiger partial charge in [-0.3, -0.25) is 4.79 Å². The van der Waals surface area contributed by atoms with Crippen LogP contribution in [0.4, 0.5) is 0 Å². The number of nitrogens with one attached hydrogen (secondary N) is 1. The lowest BCUT2D eigenvalue weighted by atomic mass is 10.2. The van der Waals surface area contributed by atoms with Crippen LogP contribution < -0.4 is 0 Å². The first-order chi connectivity index (χ1) is 12.5. The Balaban J connectivity index is 1.57. The van der Waals surface area contributed by atoms with Gasteiger partial charge in [0.1, 0.15) is 5.69 Å². The van der Waals surface area contributed by atoms with Crippen molar-refractivity contribution in [1.82, 2.24) is 9.88 Å². The van der Waals surface area contributed by atoms with Gasteiger partial charge in [0.05, 0.1) is 10.6 Å². The van der Waals surface area contributed by atoms with Crippen LogP contribution in [0.1, 0.15) is 23.3 Å². The fourth-order valence-electron chi connectivity index (χ4n) is 3.60. The summed E-state index contributed by atoms with van der Waals surface area (Å²) in [7, 11) is -3.42. The monoisotopic (exact) mass is 368 g/mol. The molecule has 2 aromatic carbocycles. The van der Waals surface area contributed by atoms with Crippen LogP contribution in [0.2, 0.25) is 0 Å². The van der Waals surface area contributed by atoms with E-state index in [4.69, 9.17) is 0 Å². The van der Waals surface area contributed by atoms with Gasteiger partial charge in [0.2, 0.25) is 0 Å². The van der Waals surface area contributed by atoms with Crippen molar-refractivity contribution in [3.05, 3.63) is 66.4 Å². The fourth-order valence-corrected chi connectivity index (χ4v) is 5.21. The summed E-state index contributed by atoms with van der Waals surface area (Å²) in [6, 6.07) is 17.7. The Morgan fingerprint density at radius 2 is 1.81 bits per heavy atom. The van der Waals surface area contributed by atoms with E-state index in [1.165, 1.54) is 0 Å². The van der Waals surface area contributed by atoms with Crippen LogP contribution in [0, 0.1) is 0 Å². The zero-order chi connectivity index (χ0) is 18.1. The number of para-hydroxylation sites is 1. The molecule has 0 aliphatic carbocycles. The Morgan fingerprint density at radius 3 is 2.58 bits per heavy atom. The highest BCUT2D eigenvalue weighted by atomic mass is 32.2. The Hall–Kier alpha value is -2.60. The third-order valence-corrected chi connectivity index (χ3v) is 6.73. The number of fused-ring (bicyclic) bond motifs is 1. The minimum atomic E-state index is -3.42. The highest BCUT2D eigenvalue weighted by molar-refractivity contribution is 7.91. The highest BCUT2D eigenvalue weighted by Crippen LogP contribution is 2.25. The molecule has 1 fully saturated rings. The smallest absolute Gasteiger partial charge is 0.270 e. The molecule has 3 aromatic rings. The maximum absolute atomic E-state index is 12.9. The van der Waals surface area contributed by atoms with E-state index in [9.17, 15) is 13.2 Å². The van der Waals surface area contributed by atoms with Gasteiger partial charge in [0.25, 0.3) is 5.91 Å². The van der Waals surface area contributed by atoms with Gasteiger partial charge in [-0.25, -0.2) is 8.42 Å². The number of aromatic nitrogens is 1. The molecule has 1 aromatic heterocycles. The Bertz CT molecular complexity index is 1010. The van der Waals surface area contributed by atoms with Crippen molar-refractivity contribution in [3.8, 4) is 0 Å². The maximum Gasteiger partial charge on any atom is 0.270 e. The topological polar surface area (TPSA) is 70.2 Å². The summed E-state index contributed by atoms with van der Waals surface area (Å²) in [5.74, 6) is -0.171. The molecule has 6 heteroatoms. The molecular weight excluding hydrogens is 348 g/mol. The number of carbonyl (C=O) groups is 1. The SMILES string of the molecule is O=C(c1cc2ccccc2[nH]1)N1CCCC1CS(=O)(=O)c1ccccc1. The predicted octanol–water partition coefficient (Wildman–Crippen LogP) is 3.25. The predicted molar refractivity (Wildman–Crippen MR) is 101 cm³/mol. The lowest BCUT2D eigenvalue weighted by Crippen LogP contribution is -2.39. The van der Waals surface area contributed by atoms with E-state index in [1.807, 2.05) is 30.3 Å². The van der Waals surface area contributed by atoms with Crippen LogP contribution in [0.5, 0.6) is 0 Å². The van der Waals surface area contributed by atoms with E-state index in [2.05, 4.69) is 4.98 Å². The number of aromatic amines is 1. The van der Waals surface area contributed by atoms with Gasteiger partial charge in [0, 0.05) is 23.5 Å². The van der Waals surface area contributed by atoms with Gasteiger partial charge in [-0.15, -0.1) is 0 Å². The molecule has 1 unspecified atom stereocenters. The van der Waals surface area contributed by atoms with Crippen molar-refractivity contribution in [2.45, 2.75) is 23.8 Å². The zero-order valence-electron chi connectivity index (χ0n) is 14.3. The summed E-state index contributed by atoms with van der Waals surface area (Å²) in [6.07, 6.45) is 1.53. The minimum absolute atomic E-state index is 0.0387. The van der Waals surface area contributed by atoms with E-state index in [0.29, 0.717) is 23.6 Å². The molecule has 2 heterocycles. The third-order valence-electron chi connectivity index (χ3n) is 4.91. The quantitative estimate of drug-likeness (QED) is 0.768. The number of hydrogen-bond donors (Lipinski definition) is 1. The lowest BCUT2D eigenvalue weighted by molar-refractivity contribution is 0.0744. The van der Waals surface area contributed by atoms with Gasteiger partial charge >= 0.3 is 0 Å². The second-order valence-corrected chi connectivity index (χ2v) is 8.69. The maximum atomic E-state index is 12.9. The van der Waals surface area contributed by atoms with Gasteiger partial charge in [-0.2, -0.15) is 0 Å². The molecule has 26 heavy (non-hydrogen) atoms. The number of hydrogen-bond acceptors (Lipinski definition) is 3. The second-order valence-electron chi connectivity index (χ2n) is 6.66. The molecule has 4 rings (SSSR count). The molecule has 0 spiro atoms. The van der Waals surface area contributed by atoms with Crippen molar-refractivity contribution < 1.29 is 13.2 Å². The standard InChI is InChI=1S/C20H20N2O3S/c23-20(19-13-15-7-4-5-11-18(15)21-19)22-12-6-8-16(22)14-26(24,25)17-9-2-1-3-10-17/h1-5,7,9-11,13,16,21H,6,8,12,14H2. The molecule has 1 saturated heterocycles. The molecular formula is C20H20N2O3S.